The van der Waals surface area contributed by atoms with Gasteiger partial charge in [0, 0.05) is 17.7 Å². The molecule has 0 radical (unpaired) electrons. The van der Waals surface area contributed by atoms with Gasteiger partial charge in [-0.2, -0.15) is 0 Å². The number of hydrogen-bond donors (Lipinski definition) is 0. The normalized spacial score (nSPS) is 9.53. The number of nitrogens with zero attached hydrogens (tertiary/aromatic N) is 1. The van der Waals surface area contributed by atoms with Crippen LogP contribution in [-0.2, 0) is 23.9 Å². The van der Waals surface area contributed by atoms with E-state index >= 15 is 0 Å². The first-order chi connectivity index (χ1) is 7.47. The molecule has 0 atom stereocenters. The first-order valence-corrected chi connectivity index (χ1v) is 5.01. The maximum absolute atomic E-state index is 11.2. The molecule has 0 bridgehead atoms. The van der Waals surface area contributed by atoms with Crippen LogP contribution in [0.5, 0.6) is 0 Å². The summed E-state index contributed by atoms with van der Waals surface area (Å²) in [7, 11) is -1.66. The molecule has 0 aliphatic heterocycles. The minimum atomic E-state index is -2.74. The summed E-state index contributed by atoms with van der Waals surface area (Å²) in [6.45, 7) is 0. The topological polar surface area (TPSA) is 104 Å². The first kappa shape index (κ1) is 16.0. The van der Waals surface area contributed by atoms with Gasteiger partial charge in [-0.25, -0.2) is 4.79 Å². The number of carbonyl (C=O) groups excluding carboxylic acids is 1. The second-order valence-corrected chi connectivity index (χ2v) is 3.57. The molecule has 0 N–H and O–H groups in total. The van der Waals surface area contributed by atoms with Crippen molar-refractivity contribution >= 4 is 22.4 Å². The molecule has 0 saturated heterocycles. The van der Waals surface area contributed by atoms with Crippen molar-refractivity contribution in [2.45, 2.75) is 4.90 Å². The van der Waals surface area contributed by atoms with Crippen molar-refractivity contribution in [1.29, 1.82) is 0 Å². The molecule has 0 amide bonds. The van der Waals surface area contributed by atoms with Crippen LogP contribution >= 0.6 is 0 Å². The molecule has 86 valence electrons. The molecular formula is C8H6NNaO6S. The Balaban J connectivity index is 0.00000256. The Morgan fingerprint density at radius 1 is 1.41 bits per heavy atom. The Morgan fingerprint density at radius 2 is 2.00 bits per heavy atom. The molecule has 7 nitrogen and oxygen atoms in total. The Labute approximate surface area is 120 Å². The van der Waals surface area contributed by atoms with Gasteiger partial charge in [0.25, 0.3) is 5.69 Å². The summed E-state index contributed by atoms with van der Waals surface area (Å²) in [4.78, 5) is 20.4. The van der Waals surface area contributed by atoms with Crippen LogP contribution in [0.3, 0.4) is 0 Å². The van der Waals surface area contributed by atoms with E-state index in [0.717, 1.165) is 25.3 Å². The van der Waals surface area contributed by atoms with Crippen molar-refractivity contribution < 1.29 is 52.4 Å². The monoisotopic (exact) mass is 267 g/mol. The van der Waals surface area contributed by atoms with Crippen LogP contribution in [0.15, 0.2) is 23.1 Å². The van der Waals surface area contributed by atoms with Gasteiger partial charge in [0.15, 0.2) is 0 Å². The van der Waals surface area contributed by atoms with Crippen LogP contribution in [0, 0.1) is 10.1 Å². The summed E-state index contributed by atoms with van der Waals surface area (Å²) >= 11 is 0. The van der Waals surface area contributed by atoms with E-state index in [1.54, 1.807) is 0 Å². The molecule has 1 aromatic rings. The van der Waals surface area contributed by atoms with Gasteiger partial charge in [0.2, 0.25) is 0 Å². The van der Waals surface area contributed by atoms with Gasteiger partial charge in [0.1, 0.15) is 0 Å². The van der Waals surface area contributed by atoms with Gasteiger partial charge in [-0.15, -0.1) is 0 Å². The Kier molecular flexibility index (Phi) is 6.32. The van der Waals surface area contributed by atoms with Crippen molar-refractivity contribution in [2.75, 3.05) is 7.11 Å². The van der Waals surface area contributed by atoms with Crippen LogP contribution in [0.25, 0.3) is 0 Å². The van der Waals surface area contributed by atoms with E-state index in [9.17, 15) is 23.3 Å². The van der Waals surface area contributed by atoms with Gasteiger partial charge in [0.05, 0.1) is 12.0 Å². The van der Waals surface area contributed by atoms with Crippen LogP contribution in [0.2, 0.25) is 0 Å². The number of benzene rings is 1. The second kappa shape index (κ2) is 6.70. The number of nitro benzene ring substituents is 1. The Bertz CT molecular complexity index is 519. The first-order valence-electron chi connectivity index (χ1n) is 3.93. The predicted molar refractivity (Wildman–Crippen MR) is 51.4 cm³/mol. The number of methoxy groups -OCH3 is 1. The van der Waals surface area contributed by atoms with E-state index in [-0.39, 0.29) is 35.1 Å². The summed E-state index contributed by atoms with van der Waals surface area (Å²) in [6, 6.07) is 2.87. The van der Waals surface area contributed by atoms with E-state index in [2.05, 4.69) is 4.74 Å². The smallest absolute Gasteiger partial charge is 0.465 e. The zero-order valence-corrected chi connectivity index (χ0v) is 11.9. The predicted octanol–water partition coefficient (Wildman–Crippen LogP) is -1.95. The third kappa shape index (κ3) is 3.77. The SMILES string of the molecule is COC(=O)c1ccc([N+](=O)[O-])cc1[S-](=O)=O.[Na+]. The average molecular weight is 267 g/mol. The molecule has 0 unspecified atom stereocenters. The molecular weight excluding hydrogens is 261 g/mol. The van der Waals surface area contributed by atoms with E-state index in [4.69, 9.17) is 0 Å². The summed E-state index contributed by atoms with van der Waals surface area (Å²) in [5, 5.41) is 10.4. The maximum atomic E-state index is 11.2. The van der Waals surface area contributed by atoms with E-state index in [1.807, 2.05) is 0 Å². The number of esters is 1. The van der Waals surface area contributed by atoms with Crippen molar-refractivity contribution in [2.24, 2.45) is 0 Å². The quantitative estimate of drug-likeness (QED) is 0.207. The molecule has 0 aromatic heterocycles. The van der Waals surface area contributed by atoms with Crippen molar-refractivity contribution in [3.8, 4) is 0 Å². The minimum Gasteiger partial charge on any atom is -0.465 e. The molecule has 1 rings (SSSR count). The summed E-state index contributed by atoms with van der Waals surface area (Å²) in [6.07, 6.45) is 0. The van der Waals surface area contributed by atoms with E-state index in [0.29, 0.717) is 0 Å². The van der Waals surface area contributed by atoms with Crippen LogP contribution < -0.4 is 29.6 Å². The zero-order valence-electron chi connectivity index (χ0n) is 9.04. The van der Waals surface area contributed by atoms with Gasteiger partial charge >= 0.3 is 35.5 Å². The molecule has 17 heavy (non-hydrogen) atoms. The van der Waals surface area contributed by atoms with Gasteiger partial charge in [-0.05, 0) is 16.8 Å². The number of ether oxygens (including phenoxy) is 1. The Hall–Kier alpha value is -0.960. The van der Waals surface area contributed by atoms with Crippen LogP contribution in [-0.4, -0.2) is 18.0 Å². The van der Waals surface area contributed by atoms with Gasteiger partial charge in [-0.3, -0.25) is 10.1 Å². The molecule has 0 heterocycles. The third-order valence-electron chi connectivity index (χ3n) is 1.76. The molecule has 0 spiro atoms. The fraction of sp³-hybridized carbons (Fsp3) is 0.125. The zero-order chi connectivity index (χ0) is 12.3. The number of carbonyl (C=O) groups is 1. The van der Waals surface area contributed by atoms with Crippen molar-refractivity contribution in [3.63, 3.8) is 0 Å². The summed E-state index contributed by atoms with van der Waals surface area (Å²) in [5.74, 6) is -0.867. The fourth-order valence-corrected chi connectivity index (χ4v) is 1.59. The maximum Gasteiger partial charge on any atom is 1.00 e. The van der Waals surface area contributed by atoms with Crippen molar-refractivity contribution in [1.82, 2.24) is 0 Å². The fourth-order valence-electron chi connectivity index (χ4n) is 1.04. The van der Waals surface area contributed by atoms with Crippen molar-refractivity contribution in [3.05, 3.63) is 33.9 Å². The number of rotatable bonds is 3. The van der Waals surface area contributed by atoms with E-state index < -0.39 is 32.2 Å². The summed E-state index contributed by atoms with van der Waals surface area (Å²) in [5.41, 5.74) is -0.645. The number of hydrogen-bond acceptors (Lipinski definition) is 7. The molecule has 9 heteroatoms. The second-order valence-electron chi connectivity index (χ2n) is 2.66. The Morgan fingerprint density at radius 3 is 2.41 bits per heavy atom. The minimum absolute atomic E-state index is 0. The number of non-ortho nitro benzene ring substituents is 1. The standard InChI is InChI=1S/C8H6NO6S.Na/c1-15-8(10)6-3-2-5(9(11)12)4-7(6)16(13)14;/h2-4H,1H3;/q-1;+1. The third-order valence-corrected chi connectivity index (χ3v) is 2.46. The van der Waals surface area contributed by atoms with E-state index in [1.165, 1.54) is 0 Å². The molecule has 0 aliphatic carbocycles. The average Bonchev–Trinajstić information content (AvgIpc) is 2.26. The van der Waals surface area contributed by atoms with Gasteiger partial charge < -0.3 is 13.2 Å². The van der Waals surface area contributed by atoms with Crippen LogP contribution in [0.1, 0.15) is 10.4 Å². The molecule has 1 aromatic carbocycles. The molecule has 0 aliphatic rings. The molecule has 0 saturated carbocycles. The number of nitro groups is 1. The molecule has 0 fully saturated rings. The summed E-state index contributed by atoms with van der Waals surface area (Å²) < 4.78 is 25.9. The van der Waals surface area contributed by atoms with Gasteiger partial charge in [-0.1, -0.05) is 4.90 Å². The van der Waals surface area contributed by atoms with Crippen LogP contribution in [0.4, 0.5) is 5.69 Å². The largest absolute Gasteiger partial charge is 1.00 e.